The quantitative estimate of drug-likeness (QED) is 0.445. The summed E-state index contributed by atoms with van der Waals surface area (Å²) in [5.74, 6) is 2.33. The van der Waals surface area contributed by atoms with Crippen LogP contribution < -0.4 is 5.32 Å². The maximum Gasteiger partial charge on any atom is 0.247 e. The molecule has 3 rings (SSSR count). The van der Waals surface area contributed by atoms with Gasteiger partial charge < -0.3 is 10.4 Å². The minimum Gasteiger partial charge on any atom is -0.393 e. The third-order valence-corrected chi connectivity index (χ3v) is 6.77. The number of nitrogens with one attached hydrogen (secondary N) is 1. The van der Waals surface area contributed by atoms with Gasteiger partial charge in [-0.25, -0.2) is 0 Å². The van der Waals surface area contributed by atoms with E-state index in [1.54, 1.807) is 6.20 Å². The summed E-state index contributed by atoms with van der Waals surface area (Å²) >= 11 is 0. The van der Waals surface area contributed by atoms with Crippen LogP contribution in [0.15, 0.2) is 60.3 Å². The standard InChI is InChI=1S/C25H34N2O2/c1-16-11-12-20-14-18(3)24(28)19(4)23(20)22(16)10-7-8-17(2)25(29)27-15-21-9-5-6-13-26-21/h5-13,16,18-20,22-24,28H,14-15H2,1-4H3,(H,27,29)/t16-,18+,19-,20-,22-,23-,24-/m0/s1. The van der Waals surface area contributed by atoms with E-state index in [2.05, 4.69) is 49.3 Å². The van der Waals surface area contributed by atoms with Gasteiger partial charge in [-0.2, -0.15) is 0 Å². The van der Waals surface area contributed by atoms with Crippen LogP contribution in [0.25, 0.3) is 0 Å². The number of aliphatic hydroxyl groups excluding tert-OH is 1. The summed E-state index contributed by atoms with van der Waals surface area (Å²) in [6, 6.07) is 5.67. The van der Waals surface area contributed by atoms with Crippen molar-refractivity contribution in [3.63, 3.8) is 0 Å². The average Bonchev–Trinajstić information content (AvgIpc) is 2.72. The molecule has 0 spiro atoms. The van der Waals surface area contributed by atoms with Crippen LogP contribution in [0.3, 0.4) is 0 Å². The first kappa shape index (κ1) is 21.5. The minimum atomic E-state index is -0.236. The first-order valence-electron chi connectivity index (χ1n) is 10.8. The second kappa shape index (κ2) is 9.53. The molecular formula is C25H34N2O2. The van der Waals surface area contributed by atoms with Gasteiger partial charge in [-0.1, -0.05) is 57.2 Å². The number of hydrogen-bond donors (Lipinski definition) is 2. The monoisotopic (exact) mass is 394 g/mol. The number of allylic oxidation sites excluding steroid dienone is 5. The number of hydrogen-bond acceptors (Lipinski definition) is 3. The Morgan fingerprint density at radius 3 is 2.79 bits per heavy atom. The Hall–Kier alpha value is -2.20. The molecule has 0 saturated heterocycles. The third-order valence-electron chi connectivity index (χ3n) is 6.77. The molecule has 2 aliphatic carbocycles. The number of nitrogens with zero attached hydrogens (tertiary/aromatic N) is 1. The molecule has 1 saturated carbocycles. The highest BCUT2D eigenvalue weighted by atomic mass is 16.3. The van der Waals surface area contributed by atoms with Crippen LogP contribution in [0.4, 0.5) is 0 Å². The average molecular weight is 395 g/mol. The highest BCUT2D eigenvalue weighted by molar-refractivity contribution is 5.92. The smallest absolute Gasteiger partial charge is 0.247 e. The second-order valence-corrected chi connectivity index (χ2v) is 8.86. The fourth-order valence-electron chi connectivity index (χ4n) is 5.02. The van der Waals surface area contributed by atoms with Crippen molar-refractivity contribution in [1.82, 2.24) is 10.3 Å². The predicted octanol–water partition coefficient (Wildman–Crippen LogP) is 4.29. The van der Waals surface area contributed by atoms with E-state index in [1.165, 1.54) is 0 Å². The van der Waals surface area contributed by atoms with E-state index in [0.717, 1.165) is 12.1 Å². The van der Waals surface area contributed by atoms with Crippen molar-refractivity contribution in [2.45, 2.75) is 46.8 Å². The molecule has 4 heteroatoms. The van der Waals surface area contributed by atoms with Crippen molar-refractivity contribution in [2.24, 2.45) is 35.5 Å². The van der Waals surface area contributed by atoms with Crippen LogP contribution >= 0.6 is 0 Å². The highest BCUT2D eigenvalue weighted by Gasteiger charge is 2.44. The zero-order valence-corrected chi connectivity index (χ0v) is 18.0. The summed E-state index contributed by atoms with van der Waals surface area (Å²) in [6.07, 6.45) is 13.4. The molecule has 0 radical (unpaired) electrons. The number of carbonyl (C=O) groups excluding carboxylic acids is 1. The lowest BCUT2D eigenvalue weighted by Gasteiger charge is -2.48. The van der Waals surface area contributed by atoms with E-state index in [1.807, 2.05) is 37.3 Å². The molecule has 1 amide bonds. The minimum absolute atomic E-state index is 0.0787. The summed E-state index contributed by atoms with van der Waals surface area (Å²) in [6.45, 7) is 8.85. The van der Waals surface area contributed by atoms with Gasteiger partial charge in [0.05, 0.1) is 18.3 Å². The zero-order chi connectivity index (χ0) is 21.0. The van der Waals surface area contributed by atoms with Crippen molar-refractivity contribution in [2.75, 3.05) is 0 Å². The second-order valence-electron chi connectivity index (χ2n) is 8.86. The number of amides is 1. The number of aromatic nitrogens is 1. The highest BCUT2D eigenvalue weighted by Crippen LogP contribution is 2.48. The van der Waals surface area contributed by atoms with Gasteiger partial charge in [0.15, 0.2) is 0 Å². The maximum absolute atomic E-state index is 12.3. The Morgan fingerprint density at radius 1 is 1.28 bits per heavy atom. The Balaban J connectivity index is 1.64. The maximum atomic E-state index is 12.3. The van der Waals surface area contributed by atoms with Crippen LogP contribution in [-0.4, -0.2) is 22.1 Å². The van der Waals surface area contributed by atoms with E-state index in [0.29, 0.717) is 41.7 Å². The molecule has 1 fully saturated rings. The lowest BCUT2D eigenvalue weighted by molar-refractivity contribution is -0.117. The van der Waals surface area contributed by atoms with Crippen molar-refractivity contribution in [3.05, 3.63) is 66.0 Å². The summed E-state index contributed by atoms with van der Waals surface area (Å²) in [5.41, 5.74) is 1.52. The van der Waals surface area contributed by atoms with Gasteiger partial charge in [-0.15, -0.1) is 0 Å². The molecule has 2 N–H and O–H groups in total. The van der Waals surface area contributed by atoms with Crippen LogP contribution in [0.2, 0.25) is 0 Å². The van der Waals surface area contributed by atoms with Crippen LogP contribution in [-0.2, 0) is 11.3 Å². The first-order valence-corrected chi connectivity index (χ1v) is 10.8. The van der Waals surface area contributed by atoms with E-state index < -0.39 is 0 Å². The van der Waals surface area contributed by atoms with Gasteiger partial charge in [-0.3, -0.25) is 9.78 Å². The fraction of sp³-hybridized carbons (Fsp3) is 0.520. The summed E-state index contributed by atoms with van der Waals surface area (Å²) < 4.78 is 0. The van der Waals surface area contributed by atoms with Gasteiger partial charge in [0, 0.05) is 11.8 Å². The molecule has 4 nitrogen and oxygen atoms in total. The molecule has 156 valence electrons. The van der Waals surface area contributed by atoms with Gasteiger partial charge in [-0.05, 0) is 61.0 Å². The zero-order valence-electron chi connectivity index (χ0n) is 18.0. The van der Waals surface area contributed by atoms with E-state index in [4.69, 9.17) is 0 Å². The third kappa shape index (κ3) is 5.05. The van der Waals surface area contributed by atoms with Crippen molar-refractivity contribution < 1.29 is 9.90 Å². The molecule has 29 heavy (non-hydrogen) atoms. The number of pyridine rings is 1. The van der Waals surface area contributed by atoms with Crippen LogP contribution in [0, 0.1) is 35.5 Å². The fourth-order valence-corrected chi connectivity index (χ4v) is 5.02. The molecule has 1 heterocycles. The molecule has 0 bridgehead atoms. The largest absolute Gasteiger partial charge is 0.393 e. The molecule has 0 aromatic carbocycles. The van der Waals surface area contributed by atoms with Crippen molar-refractivity contribution in [3.8, 4) is 0 Å². The van der Waals surface area contributed by atoms with Crippen LogP contribution in [0.1, 0.15) is 39.8 Å². The summed E-state index contributed by atoms with van der Waals surface area (Å²) in [5, 5.41) is 13.5. The Labute approximate surface area is 174 Å². The molecule has 1 aromatic heterocycles. The number of fused-ring (bicyclic) bond motifs is 1. The molecule has 0 unspecified atom stereocenters. The van der Waals surface area contributed by atoms with Gasteiger partial charge in [0.1, 0.15) is 0 Å². The van der Waals surface area contributed by atoms with Gasteiger partial charge in [0.2, 0.25) is 5.91 Å². The number of rotatable bonds is 5. The topological polar surface area (TPSA) is 62.2 Å². The molecule has 0 aliphatic heterocycles. The van der Waals surface area contributed by atoms with E-state index >= 15 is 0 Å². The SMILES string of the molecule is CC(=CC=C[C@@H]1[C@H]2[C@H](C)[C@@H](O)[C@H](C)C[C@@H]2C=C[C@@H]1C)C(=O)NCc1ccccn1. The summed E-state index contributed by atoms with van der Waals surface area (Å²) in [4.78, 5) is 16.6. The normalized spacial score (nSPS) is 34.8. The predicted molar refractivity (Wildman–Crippen MR) is 117 cm³/mol. The Morgan fingerprint density at radius 2 is 2.07 bits per heavy atom. The number of carbonyl (C=O) groups is 1. The van der Waals surface area contributed by atoms with Gasteiger partial charge in [0.25, 0.3) is 0 Å². The molecule has 2 aliphatic rings. The Bertz CT molecular complexity index is 783. The van der Waals surface area contributed by atoms with Crippen molar-refractivity contribution >= 4 is 5.91 Å². The first-order chi connectivity index (χ1) is 13.9. The van der Waals surface area contributed by atoms with Gasteiger partial charge >= 0.3 is 0 Å². The van der Waals surface area contributed by atoms with Crippen molar-refractivity contribution in [1.29, 1.82) is 0 Å². The number of aliphatic hydroxyl groups is 1. The summed E-state index contributed by atoms with van der Waals surface area (Å²) in [7, 11) is 0. The van der Waals surface area contributed by atoms with E-state index in [-0.39, 0.29) is 17.9 Å². The lowest BCUT2D eigenvalue weighted by Crippen LogP contribution is -2.46. The molecule has 7 atom stereocenters. The van der Waals surface area contributed by atoms with E-state index in [9.17, 15) is 9.90 Å². The molecule has 1 aromatic rings. The Kier molecular flexibility index (Phi) is 7.07. The molecular weight excluding hydrogens is 360 g/mol. The lowest BCUT2D eigenvalue weighted by atomic mass is 9.58. The van der Waals surface area contributed by atoms with Crippen LogP contribution in [0.5, 0.6) is 0 Å².